The van der Waals surface area contributed by atoms with Crippen LogP contribution in [0.3, 0.4) is 0 Å². The van der Waals surface area contributed by atoms with Gasteiger partial charge in [-0.1, -0.05) is 11.2 Å². The first kappa shape index (κ1) is 15.4. The zero-order valence-corrected chi connectivity index (χ0v) is 13.4. The van der Waals surface area contributed by atoms with Gasteiger partial charge >= 0.3 is 0 Å². The van der Waals surface area contributed by atoms with Crippen molar-refractivity contribution in [1.82, 2.24) is 20.0 Å². The van der Waals surface area contributed by atoms with Crippen LogP contribution in [0.25, 0.3) is 11.3 Å². The Labute approximate surface area is 136 Å². The summed E-state index contributed by atoms with van der Waals surface area (Å²) in [6.45, 7) is 2.90. The molecule has 0 aliphatic carbocycles. The minimum atomic E-state index is 0.358. The van der Waals surface area contributed by atoms with Gasteiger partial charge in [0.05, 0.1) is 6.54 Å². The second-order valence-corrected chi connectivity index (χ2v) is 5.71. The van der Waals surface area contributed by atoms with Crippen molar-refractivity contribution < 1.29 is 4.52 Å². The summed E-state index contributed by atoms with van der Waals surface area (Å²) < 4.78 is 5.46. The lowest BCUT2D eigenvalue weighted by Crippen LogP contribution is -2.30. The van der Waals surface area contributed by atoms with Gasteiger partial charge in [-0.15, -0.1) is 0 Å². The molecule has 0 aliphatic rings. The first-order valence-corrected chi connectivity index (χ1v) is 7.68. The summed E-state index contributed by atoms with van der Waals surface area (Å²) >= 11 is 0. The fraction of sp³-hybridized carbons (Fsp3) is 0.278. The Morgan fingerprint density at radius 3 is 2.83 bits per heavy atom. The molecule has 0 N–H and O–H groups in total. The average molecular weight is 308 g/mol. The summed E-state index contributed by atoms with van der Waals surface area (Å²) in [4.78, 5) is 10.7. The fourth-order valence-corrected chi connectivity index (χ4v) is 2.42. The van der Waals surface area contributed by atoms with E-state index in [0.29, 0.717) is 12.6 Å². The largest absolute Gasteiger partial charge is 0.359 e. The first-order chi connectivity index (χ1) is 11.2. The highest BCUT2D eigenvalue weighted by Crippen LogP contribution is 2.19. The Morgan fingerprint density at radius 1 is 1.17 bits per heavy atom. The molecule has 0 saturated heterocycles. The summed E-state index contributed by atoms with van der Waals surface area (Å²) in [6.07, 6.45) is 6.27. The molecule has 0 fully saturated rings. The summed E-state index contributed by atoms with van der Waals surface area (Å²) in [7, 11) is 2.08. The highest BCUT2D eigenvalue weighted by Gasteiger charge is 2.14. The van der Waals surface area contributed by atoms with E-state index < -0.39 is 0 Å². The summed E-state index contributed by atoms with van der Waals surface area (Å²) in [5.74, 6) is 0.847. The van der Waals surface area contributed by atoms with Crippen molar-refractivity contribution in [1.29, 1.82) is 0 Å². The quantitative estimate of drug-likeness (QED) is 0.700. The predicted octanol–water partition coefficient (Wildman–Crippen LogP) is 3.19. The maximum atomic E-state index is 5.46. The van der Waals surface area contributed by atoms with Gasteiger partial charge in [0.15, 0.2) is 5.76 Å². The molecule has 0 bridgehead atoms. The van der Waals surface area contributed by atoms with Gasteiger partial charge < -0.3 is 4.52 Å². The zero-order chi connectivity index (χ0) is 16.1. The highest BCUT2D eigenvalue weighted by atomic mass is 16.5. The number of hydrogen-bond acceptors (Lipinski definition) is 5. The Hall–Kier alpha value is -2.53. The van der Waals surface area contributed by atoms with Crippen LogP contribution in [0.1, 0.15) is 18.4 Å². The van der Waals surface area contributed by atoms with E-state index in [1.807, 2.05) is 36.5 Å². The van der Waals surface area contributed by atoms with Crippen molar-refractivity contribution in [3.05, 3.63) is 66.4 Å². The van der Waals surface area contributed by atoms with Crippen molar-refractivity contribution in [2.24, 2.45) is 0 Å². The number of nitrogens with zero attached hydrogens (tertiary/aromatic N) is 4. The molecule has 0 spiro atoms. The Bertz CT molecular complexity index is 727. The Balaban J connectivity index is 1.62. The van der Waals surface area contributed by atoms with Gasteiger partial charge in [0.25, 0.3) is 0 Å². The minimum absolute atomic E-state index is 0.358. The van der Waals surface area contributed by atoms with Crippen LogP contribution < -0.4 is 0 Å². The monoisotopic (exact) mass is 308 g/mol. The van der Waals surface area contributed by atoms with Gasteiger partial charge in [0.2, 0.25) is 0 Å². The molecule has 5 nitrogen and oxygen atoms in total. The Kier molecular flexibility index (Phi) is 4.78. The molecule has 23 heavy (non-hydrogen) atoms. The highest BCUT2D eigenvalue weighted by molar-refractivity contribution is 5.57. The van der Waals surface area contributed by atoms with E-state index in [1.54, 1.807) is 12.4 Å². The molecular formula is C18H20N4O. The number of likely N-dealkylation sites (N-methyl/N-ethyl adjacent to an activating group) is 1. The van der Waals surface area contributed by atoms with Crippen molar-refractivity contribution in [2.75, 3.05) is 7.05 Å². The topological polar surface area (TPSA) is 55.1 Å². The molecule has 3 heterocycles. The van der Waals surface area contributed by atoms with E-state index >= 15 is 0 Å². The lowest BCUT2D eigenvalue weighted by molar-refractivity contribution is 0.217. The third-order valence-corrected chi connectivity index (χ3v) is 3.90. The van der Waals surface area contributed by atoms with E-state index in [2.05, 4.69) is 40.1 Å². The van der Waals surface area contributed by atoms with Crippen LogP contribution >= 0.6 is 0 Å². The summed E-state index contributed by atoms with van der Waals surface area (Å²) in [5.41, 5.74) is 2.88. The fourth-order valence-electron chi connectivity index (χ4n) is 2.42. The second kappa shape index (κ2) is 7.15. The van der Waals surface area contributed by atoms with E-state index in [1.165, 1.54) is 0 Å². The molecule has 118 valence electrons. The van der Waals surface area contributed by atoms with Gasteiger partial charge in [0, 0.05) is 48.4 Å². The second-order valence-electron chi connectivity index (χ2n) is 5.71. The minimum Gasteiger partial charge on any atom is -0.359 e. The van der Waals surface area contributed by atoms with E-state index in [-0.39, 0.29) is 0 Å². The van der Waals surface area contributed by atoms with E-state index in [4.69, 9.17) is 4.52 Å². The number of pyridine rings is 2. The van der Waals surface area contributed by atoms with Crippen molar-refractivity contribution in [3.8, 4) is 11.3 Å². The summed E-state index contributed by atoms with van der Waals surface area (Å²) in [5, 5.41) is 4.13. The molecule has 0 amide bonds. The molecule has 5 heteroatoms. The van der Waals surface area contributed by atoms with Crippen LogP contribution in [0, 0.1) is 0 Å². The molecule has 3 aromatic heterocycles. The molecule has 0 unspecified atom stereocenters. The van der Waals surface area contributed by atoms with Crippen LogP contribution in [0.2, 0.25) is 0 Å². The maximum absolute atomic E-state index is 5.46. The standard InChI is InChI=1S/C18H20N4O/c1-14(10-16-7-3-4-9-20-16)22(2)13-17-11-18(21-23-17)15-6-5-8-19-12-15/h3-9,11-12,14H,10,13H2,1-2H3/t14-/m0/s1. The predicted molar refractivity (Wildman–Crippen MR) is 88.6 cm³/mol. The Morgan fingerprint density at radius 2 is 2.09 bits per heavy atom. The molecule has 3 aromatic rings. The molecular weight excluding hydrogens is 288 g/mol. The van der Waals surface area contributed by atoms with Gasteiger partial charge in [-0.3, -0.25) is 14.9 Å². The average Bonchev–Trinajstić information content (AvgIpc) is 3.05. The van der Waals surface area contributed by atoms with Crippen LogP contribution in [-0.2, 0) is 13.0 Å². The van der Waals surface area contributed by atoms with Crippen LogP contribution in [0.15, 0.2) is 59.5 Å². The van der Waals surface area contributed by atoms with Gasteiger partial charge in [0.1, 0.15) is 5.69 Å². The zero-order valence-electron chi connectivity index (χ0n) is 13.4. The molecule has 3 rings (SSSR count). The lowest BCUT2D eigenvalue weighted by atomic mass is 10.1. The van der Waals surface area contributed by atoms with Crippen LogP contribution in [0.4, 0.5) is 0 Å². The van der Waals surface area contributed by atoms with Gasteiger partial charge in [-0.05, 0) is 38.2 Å². The number of hydrogen-bond donors (Lipinski definition) is 0. The smallest absolute Gasteiger partial charge is 0.151 e. The molecule has 0 aromatic carbocycles. The first-order valence-electron chi connectivity index (χ1n) is 7.68. The molecule has 1 atom stereocenters. The number of rotatable bonds is 6. The molecule has 0 radical (unpaired) electrons. The lowest BCUT2D eigenvalue weighted by Gasteiger charge is -2.23. The maximum Gasteiger partial charge on any atom is 0.151 e. The SMILES string of the molecule is C[C@@H](Cc1ccccn1)N(C)Cc1cc(-c2cccnc2)no1. The van der Waals surface area contributed by atoms with E-state index in [9.17, 15) is 0 Å². The van der Waals surface area contributed by atoms with Crippen molar-refractivity contribution >= 4 is 0 Å². The van der Waals surface area contributed by atoms with Gasteiger partial charge in [-0.25, -0.2) is 0 Å². The third kappa shape index (κ3) is 4.02. The van der Waals surface area contributed by atoms with Crippen molar-refractivity contribution in [3.63, 3.8) is 0 Å². The third-order valence-electron chi connectivity index (χ3n) is 3.90. The van der Waals surface area contributed by atoms with Crippen LogP contribution in [-0.4, -0.2) is 33.1 Å². The number of aromatic nitrogens is 3. The van der Waals surface area contributed by atoms with Gasteiger partial charge in [-0.2, -0.15) is 0 Å². The molecule has 0 aliphatic heterocycles. The normalized spacial score (nSPS) is 12.5. The molecule has 0 saturated carbocycles. The summed E-state index contributed by atoms with van der Waals surface area (Å²) in [6, 6.07) is 12.2. The van der Waals surface area contributed by atoms with Crippen molar-refractivity contribution in [2.45, 2.75) is 25.9 Å². The van der Waals surface area contributed by atoms with Crippen LogP contribution in [0.5, 0.6) is 0 Å². The van der Waals surface area contributed by atoms with E-state index in [0.717, 1.165) is 29.1 Å².